The molecule has 0 heterocycles. The average molecular weight is 267 g/mol. The van der Waals surface area contributed by atoms with Crippen molar-refractivity contribution in [2.75, 3.05) is 12.3 Å². The van der Waals surface area contributed by atoms with Gasteiger partial charge in [-0.1, -0.05) is 11.6 Å². The molecule has 1 amide bonds. The summed E-state index contributed by atoms with van der Waals surface area (Å²) in [5.74, 6) is 0.101. The Morgan fingerprint density at radius 2 is 2.11 bits per heavy atom. The summed E-state index contributed by atoms with van der Waals surface area (Å²) in [4.78, 5) is 23.3. The number of amides is 1. The molecule has 96 valence electrons. The van der Waals surface area contributed by atoms with Crippen LogP contribution in [0.2, 0.25) is 5.02 Å². The lowest BCUT2D eigenvalue weighted by molar-refractivity contribution is -0.122. The number of benzene rings is 1. The quantitative estimate of drug-likeness (QED) is 0.633. The minimum atomic E-state index is -0.105. The topological polar surface area (TPSA) is 72.2 Å². The zero-order chi connectivity index (χ0) is 13.1. The molecule has 0 atom stereocenters. The Morgan fingerprint density at radius 1 is 1.39 bits per heavy atom. The van der Waals surface area contributed by atoms with E-state index in [9.17, 15) is 9.59 Å². The molecule has 1 aliphatic rings. The number of nitrogens with two attached hydrogens (primary N) is 1. The summed E-state index contributed by atoms with van der Waals surface area (Å²) in [5, 5.41) is 3.23. The molecular weight excluding hydrogens is 252 g/mol. The van der Waals surface area contributed by atoms with Crippen LogP contribution in [0, 0.1) is 5.92 Å². The number of hydrogen-bond donors (Lipinski definition) is 2. The molecule has 3 N–H and O–H groups in total. The molecule has 0 aliphatic heterocycles. The molecule has 0 radical (unpaired) electrons. The van der Waals surface area contributed by atoms with Crippen LogP contribution >= 0.6 is 11.6 Å². The van der Waals surface area contributed by atoms with Crippen molar-refractivity contribution in [1.82, 2.24) is 5.32 Å². The Kier molecular flexibility index (Phi) is 3.87. The van der Waals surface area contributed by atoms with E-state index in [1.165, 1.54) is 0 Å². The lowest BCUT2D eigenvalue weighted by atomic mass is 10.1. The maximum Gasteiger partial charge on any atom is 0.223 e. The molecule has 1 aromatic carbocycles. The van der Waals surface area contributed by atoms with Gasteiger partial charge in [0.05, 0.1) is 0 Å². The number of hydrogen-bond acceptors (Lipinski definition) is 3. The molecule has 1 saturated carbocycles. The molecular formula is C13H15ClN2O2. The van der Waals surface area contributed by atoms with Crippen molar-refractivity contribution in [3.8, 4) is 0 Å². The van der Waals surface area contributed by atoms with Gasteiger partial charge < -0.3 is 11.1 Å². The number of nitrogens with one attached hydrogen (secondary N) is 1. The second-order valence-corrected chi connectivity index (χ2v) is 4.91. The maximum absolute atomic E-state index is 11.9. The van der Waals surface area contributed by atoms with E-state index in [2.05, 4.69) is 5.32 Å². The van der Waals surface area contributed by atoms with E-state index >= 15 is 0 Å². The van der Waals surface area contributed by atoms with E-state index in [-0.39, 0.29) is 24.0 Å². The normalized spacial score (nSPS) is 14.3. The number of nitrogen functional groups attached to an aromatic ring is 1. The summed E-state index contributed by atoms with van der Waals surface area (Å²) >= 11 is 5.82. The molecule has 0 aromatic heterocycles. The van der Waals surface area contributed by atoms with Crippen molar-refractivity contribution < 1.29 is 9.59 Å². The molecule has 5 heteroatoms. The van der Waals surface area contributed by atoms with E-state index in [0.717, 1.165) is 12.8 Å². The van der Waals surface area contributed by atoms with Crippen LogP contribution in [0.3, 0.4) is 0 Å². The van der Waals surface area contributed by atoms with Gasteiger partial charge in [-0.15, -0.1) is 0 Å². The fourth-order valence-corrected chi connectivity index (χ4v) is 1.87. The van der Waals surface area contributed by atoms with Gasteiger partial charge in [-0.05, 0) is 31.0 Å². The second-order valence-electron chi connectivity index (χ2n) is 4.47. The first-order valence-corrected chi connectivity index (χ1v) is 6.31. The van der Waals surface area contributed by atoms with Crippen LogP contribution in [0.5, 0.6) is 0 Å². The Bertz CT molecular complexity index is 484. The summed E-state index contributed by atoms with van der Waals surface area (Å²) in [6.07, 6.45) is 2.16. The van der Waals surface area contributed by atoms with Crippen LogP contribution < -0.4 is 11.1 Å². The summed E-state index contributed by atoms with van der Waals surface area (Å²) in [6.45, 7) is 0.347. The third kappa shape index (κ3) is 3.23. The molecule has 18 heavy (non-hydrogen) atoms. The summed E-state index contributed by atoms with van der Waals surface area (Å²) in [7, 11) is 0. The van der Waals surface area contributed by atoms with Crippen molar-refractivity contribution in [2.45, 2.75) is 19.3 Å². The zero-order valence-corrected chi connectivity index (χ0v) is 10.7. The highest BCUT2D eigenvalue weighted by Crippen LogP contribution is 2.28. The Labute approximate surface area is 110 Å². The molecule has 0 bridgehead atoms. The lowest BCUT2D eigenvalue weighted by Gasteiger charge is -2.06. The van der Waals surface area contributed by atoms with E-state index in [1.807, 2.05) is 0 Å². The van der Waals surface area contributed by atoms with E-state index in [4.69, 9.17) is 17.3 Å². The first-order valence-electron chi connectivity index (χ1n) is 5.94. The van der Waals surface area contributed by atoms with Gasteiger partial charge in [-0.3, -0.25) is 9.59 Å². The van der Waals surface area contributed by atoms with E-state index in [1.54, 1.807) is 18.2 Å². The van der Waals surface area contributed by atoms with Crippen molar-refractivity contribution in [2.24, 2.45) is 5.92 Å². The number of carbonyl (C=O) groups excluding carboxylic acids is 2. The summed E-state index contributed by atoms with van der Waals surface area (Å²) in [5.41, 5.74) is 6.55. The van der Waals surface area contributed by atoms with Crippen LogP contribution in [0.4, 0.5) is 5.69 Å². The number of carbonyl (C=O) groups is 2. The molecule has 0 saturated heterocycles. The third-order valence-electron chi connectivity index (χ3n) is 2.92. The van der Waals surface area contributed by atoms with Gasteiger partial charge in [0.25, 0.3) is 0 Å². The smallest absolute Gasteiger partial charge is 0.223 e. The molecule has 1 aromatic rings. The van der Waals surface area contributed by atoms with Gasteiger partial charge in [0.1, 0.15) is 0 Å². The van der Waals surface area contributed by atoms with Crippen LogP contribution in [0.25, 0.3) is 0 Å². The zero-order valence-electron chi connectivity index (χ0n) is 9.91. The second kappa shape index (κ2) is 5.40. The average Bonchev–Trinajstić information content (AvgIpc) is 3.16. The van der Waals surface area contributed by atoms with Crippen LogP contribution in [-0.4, -0.2) is 18.2 Å². The maximum atomic E-state index is 11.9. The van der Waals surface area contributed by atoms with Crippen molar-refractivity contribution in [3.63, 3.8) is 0 Å². The van der Waals surface area contributed by atoms with Crippen LogP contribution in [-0.2, 0) is 4.79 Å². The molecule has 1 aliphatic carbocycles. The molecule has 0 spiro atoms. The molecule has 0 unspecified atom stereocenters. The number of Topliss-reactive ketones (excluding diaryl/α,β-unsaturated/α-hetero) is 1. The SMILES string of the molecule is Nc1ccc(Cl)cc1C(=O)CCNC(=O)C1CC1. The van der Waals surface area contributed by atoms with Gasteiger partial charge in [-0.2, -0.15) is 0 Å². The number of rotatable bonds is 5. The number of halogens is 1. The monoisotopic (exact) mass is 266 g/mol. The highest BCUT2D eigenvalue weighted by atomic mass is 35.5. The van der Waals surface area contributed by atoms with Gasteiger partial charge in [-0.25, -0.2) is 0 Å². The van der Waals surface area contributed by atoms with Crippen LogP contribution in [0.15, 0.2) is 18.2 Å². The van der Waals surface area contributed by atoms with E-state index in [0.29, 0.717) is 22.8 Å². The molecule has 4 nitrogen and oxygen atoms in total. The first-order chi connectivity index (χ1) is 8.58. The van der Waals surface area contributed by atoms with Gasteiger partial charge >= 0.3 is 0 Å². The summed E-state index contributed by atoms with van der Waals surface area (Å²) < 4.78 is 0. The minimum Gasteiger partial charge on any atom is -0.398 e. The van der Waals surface area contributed by atoms with E-state index < -0.39 is 0 Å². The van der Waals surface area contributed by atoms with Crippen molar-refractivity contribution >= 4 is 29.0 Å². The fraction of sp³-hybridized carbons (Fsp3) is 0.385. The largest absolute Gasteiger partial charge is 0.398 e. The Morgan fingerprint density at radius 3 is 2.78 bits per heavy atom. The first kappa shape index (κ1) is 12.9. The lowest BCUT2D eigenvalue weighted by Crippen LogP contribution is -2.27. The van der Waals surface area contributed by atoms with Crippen LogP contribution in [0.1, 0.15) is 29.6 Å². The fourth-order valence-electron chi connectivity index (χ4n) is 1.69. The Hall–Kier alpha value is -1.55. The molecule has 1 fully saturated rings. The highest BCUT2D eigenvalue weighted by molar-refractivity contribution is 6.31. The van der Waals surface area contributed by atoms with Gasteiger partial charge in [0.15, 0.2) is 5.78 Å². The number of anilines is 1. The predicted octanol–water partition coefficient (Wildman–Crippen LogP) is 2.02. The van der Waals surface area contributed by atoms with Crippen molar-refractivity contribution in [3.05, 3.63) is 28.8 Å². The third-order valence-corrected chi connectivity index (χ3v) is 3.15. The summed E-state index contributed by atoms with van der Waals surface area (Å²) in [6, 6.07) is 4.81. The predicted molar refractivity (Wildman–Crippen MR) is 70.5 cm³/mol. The number of ketones is 1. The standard InChI is InChI=1S/C13H15ClN2O2/c14-9-3-4-11(15)10(7-9)12(17)5-6-16-13(18)8-1-2-8/h3-4,7-8H,1-2,5-6,15H2,(H,16,18). The van der Waals surface area contributed by atoms with Gasteiger partial charge in [0, 0.05) is 35.2 Å². The van der Waals surface area contributed by atoms with Gasteiger partial charge in [0.2, 0.25) is 5.91 Å². The molecule has 2 rings (SSSR count). The Balaban J connectivity index is 1.86. The minimum absolute atomic E-state index is 0.0434. The highest BCUT2D eigenvalue weighted by Gasteiger charge is 2.29. The van der Waals surface area contributed by atoms with Crippen molar-refractivity contribution in [1.29, 1.82) is 0 Å².